The average molecular weight is 114 g/mol. The van der Waals surface area contributed by atoms with Crippen LogP contribution in [0.15, 0.2) is 11.3 Å². The van der Waals surface area contributed by atoms with Crippen molar-refractivity contribution in [2.24, 2.45) is 0 Å². The van der Waals surface area contributed by atoms with Gasteiger partial charge >= 0.3 is 0 Å². The molecule has 2 heteroatoms. The Hall–Kier alpha value is -0.0300. The van der Waals surface area contributed by atoms with Crippen molar-refractivity contribution < 1.29 is 4.74 Å². The minimum atomic E-state index is 0.205. The van der Waals surface area contributed by atoms with Crippen molar-refractivity contribution >= 4 is 7.92 Å². The lowest BCUT2D eigenvalue weighted by Gasteiger charge is -1.99. The molecule has 0 aromatic carbocycles. The van der Waals surface area contributed by atoms with Crippen LogP contribution in [0.3, 0.4) is 0 Å². The summed E-state index contributed by atoms with van der Waals surface area (Å²) < 4.78 is 5.13. The number of hydrogen-bond acceptors (Lipinski definition) is 1. The molecule has 0 aromatic rings. The molecule has 1 unspecified atom stereocenters. The molecule has 1 nitrogen and oxygen atoms in total. The fraction of sp³-hybridized carbons (Fsp3) is 0.600. The van der Waals surface area contributed by atoms with Gasteiger partial charge in [-0.2, -0.15) is 0 Å². The van der Waals surface area contributed by atoms with E-state index in [2.05, 4.69) is 6.66 Å². The van der Waals surface area contributed by atoms with Crippen LogP contribution in [-0.2, 0) is 4.74 Å². The lowest BCUT2D eigenvalue weighted by Crippen LogP contribution is -1.77. The summed E-state index contributed by atoms with van der Waals surface area (Å²) in [6.07, 6.45) is 2.62. The summed E-state index contributed by atoms with van der Waals surface area (Å²) in [5.41, 5.74) is 1.36. The molecule has 0 spiro atoms. The summed E-state index contributed by atoms with van der Waals surface area (Å²) in [7, 11) is 0.205. The van der Waals surface area contributed by atoms with Gasteiger partial charge in [-0.25, -0.2) is 0 Å². The van der Waals surface area contributed by atoms with Gasteiger partial charge in [0.2, 0.25) is 0 Å². The smallest absolute Gasteiger partial charge is 0.163 e. The molecule has 0 amide bonds. The Balaban J connectivity index is 2.24. The van der Waals surface area contributed by atoms with Gasteiger partial charge in [-0.3, -0.25) is 0 Å². The topological polar surface area (TPSA) is 12.5 Å². The fourth-order valence-electron chi connectivity index (χ4n) is 0.911. The predicted octanol–water partition coefficient (Wildman–Crippen LogP) is 1.70. The number of hydrogen-bond donors (Lipinski definition) is 0. The molecule has 0 N–H and O–H groups in total. The molecule has 0 fully saturated rings. The highest BCUT2D eigenvalue weighted by molar-refractivity contribution is 7.61. The molecule has 1 atom stereocenters. The molecule has 38 valence electrons. The maximum atomic E-state index is 5.13. The third kappa shape index (κ3) is 0.420. The standard InChI is InChI=1S/C5H7OP/c1-7-3-2-4-5(7)6-4/h2-3H2,1H3. The summed E-state index contributed by atoms with van der Waals surface area (Å²) >= 11 is 0. The number of rotatable bonds is 0. The van der Waals surface area contributed by atoms with Crippen LogP contribution >= 0.6 is 7.92 Å². The van der Waals surface area contributed by atoms with Crippen molar-refractivity contribution in [2.75, 3.05) is 12.8 Å². The molecule has 2 rings (SSSR count). The van der Waals surface area contributed by atoms with Crippen molar-refractivity contribution in [1.82, 2.24) is 0 Å². The molecular formula is C5H7OP. The zero-order valence-electron chi connectivity index (χ0n) is 4.27. The Labute approximate surface area is 44.1 Å². The lowest BCUT2D eigenvalue weighted by atomic mass is 10.5. The number of allylic oxidation sites excluding steroid dienone is 1. The van der Waals surface area contributed by atoms with Crippen molar-refractivity contribution in [3.05, 3.63) is 11.3 Å². The van der Waals surface area contributed by atoms with Crippen molar-refractivity contribution in [1.29, 1.82) is 0 Å². The Kier molecular flexibility index (Phi) is 0.575. The van der Waals surface area contributed by atoms with Crippen LogP contribution in [0.2, 0.25) is 0 Å². The largest absolute Gasteiger partial charge is 0.454 e. The lowest BCUT2D eigenvalue weighted by molar-refractivity contribution is 0.472. The third-order valence-corrected chi connectivity index (χ3v) is 3.37. The van der Waals surface area contributed by atoms with Crippen LogP contribution in [0.25, 0.3) is 0 Å². The van der Waals surface area contributed by atoms with Gasteiger partial charge in [0.25, 0.3) is 0 Å². The molecule has 7 heavy (non-hydrogen) atoms. The molecule has 0 bridgehead atoms. The van der Waals surface area contributed by atoms with Gasteiger partial charge < -0.3 is 4.74 Å². The monoisotopic (exact) mass is 114 g/mol. The first-order valence-electron chi connectivity index (χ1n) is 2.50. The zero-order chi connectivity index (χ0) is 4.85. The van der Waals surface area contributed by atoms with E-state index in [-0.39, 0.29) is 7.92 Å². The van der Waals surface area contributed by atoms with Crippen LogP contribution in [0.5, 0.6) is 0 Å². The second kappa shape index (κ2) is 1.03. The molecule has 0 aliphatic carbocycles. The molecular weight excluding hydrogens is 107 g/mol. The zero-order valence-corrected chi connectivity index (χ0v) is 5.16. The Morgan fingerprint density at radius 3 is 2.71 bits per heavy atom. The van der Waals surface area contributed by atoms with Gasteiger partial charge in [0, 0.05) is 6.42 Å². The average Bonchev–Trinajstić information content (AvgIpc) is 2.33. The minimum absolute atomic E-state index is 0.205. The first-order chi connectivity index (χ1) is 3.38. The summed E-state index contributed by atoms with van der Waals surface area (Å²) in [5.74, 6) is 1.31. The number of ether oxygens (including phenoxy) is 1. The highest BCUT2D eigenvalue weighted by Crippen LogP contribution is 2.60. The molecule has 2 aliphatic rings. The van der Waals surface area contributed by atoms with Crippen LogP contribution < -0.4 is 0 Å². The summed E-state index contributed by atoms with van der Waals surface area (Å²) in [5, 5.41) is 0. The predicted molar refractivity (Wildman–Crippen MR) is 30.4 cm³/mol. The van der Waals surface area contributed by atoms with Crippen LogP contribution in [0.1, 0.15) is 6.42 Å². The van der Waals surface area contributed by atoms with E-state index in [1.165, 1.54) is 23.8 Å². The van der Waals surface area contributed by atoms with Crippen molar-refractivity contribution in [3.63, 3.8) is 0 Å². The Morgan fingerprint density at radius 2 is 2.57 bits per heavy atom. The van der Waals surface area contributed by atoms with Crippen LogP contribution in [0, 0.1) is 0 Å². The minimum Gasteiger partial charge on any atom is -0.454 e. The first kappa shape index (κ1) is 3.91. The van der Waals surface area contributed by atoms with Gasteiger partial charge in [0.15, 0.2) is 5.50 Å². The van der Waals surface area contributed by atoms with E-state index in [1.54, 1.807) is 0 Å². The van der Waals surface area contributed by atoms with E-state index in [4.69, 9.17) is 4.74 Å². The summed E-state index contributed by atoms with van der Waals surface area (Å²) in [4.78, 5) is 0. The van der Waals surface area contributed by atoms with E-state index in [0.29, 0.717) is 0 Å². The normalized spacial score (nSPS) is 35.3. The molecule has 0 saturated heterocycles. The van der Waals surface area contributed by atoms with Crippen molar-refractivity contribution in [3.8, 4) is 0 Å². The first-order valence-corrected chi connectivity index (χ1v) is 4.47. The molecule has 2 heterocycles. The highest BCUT2D eigenvalue weighted by atomic mass is 31.1. The Morgan fingerprint density at radius 1 is 1.71 bits per heavy atom. The maximum absolute atomic E-state index is 5.13. The van der Waals surface area contributed by atoms with Gasteiger partial charge in [-0.15, -0.1) is 0 Å². The third-order valence-electron chi connectivity index (χ3n) is 1.44. The maximum Gasteiger partial charge on any atom is 0.163 e. The molecule has 0 saturated carbocycles. The van der Waals surface area contributed by atoms with Crippen LogP contribution in [0.4, 0.5) is 0 Å². The van der Waals surface area contributed by atoms with Gasteiger partial charge in [-0.1, -0.05) is 0 Å². The van der Waals surface area contributed by atoms with Gasteiger partial charge in [0.1, 0.15) is 5.76 Å². The van der Waals surface area contributed by atoms with Crippen LogP contribution in [-0.4, -0.2) is 12.8 Å². The molecule has 0 radical (unpaired) electrons. The van der Waals surface area contributed by atoms with E-state index < -0.39 is 0 Å². The molecule has 0 aromatic heterocycles. The van der Waals surface area contributed by atoms with Gasteiger partial charge in [0.05, 0.1) is 0 Å². The van der Waals surface area contributed by atoms with E-state index in [9.17, 15) is 0 Å². The molecule has 2 aliphatic heterocycles. The van der Waals surface area contributed by atoms with E-state index in [1.807, 2.05) is 0 Å². The SMILES string of the molecule is CP1CCC2=C1O2. The quantitative estimate of drug-likeness (QED) is 0.436. The van der Waals surface area contributed by atoms with E-state index in [0.717, 1.165) is 0 Å². The van der Waals surface area contributed by atoms with Gasteiger partial charge in [-0.05, 0) is 20.7 Å². The summed E-state index contributed by atoms with van der Waals surface area (Å²) in [6, 6.07) is 0. The Bertz CT molecular complexity index is 139. The summed E-state index contributed by atoms with van der Waals surface area (Å²) in [6.45, 7) is 2.28. The second-order valence-corrected chi connectivity index (χ2v) is 4.25. The fourth-order valence-corrected chi connectivity index (χ4v) is 2.46. The highest BCUT2D eigenvalue weighted by Gasteiger charge is 2.35. The van der Waals surface area contributed by atoms with E-state index >= 15 is 0 Å². The second-order valence-electron chi connectivity index (χ2n) is 2.00. The van der Waals surface area contributed by atoms with Crippen molar-refractivity contribution in [2.45, 2.75) is 6.42 Å².